The van der Waals surface area contributed by atoms with Crippen molar-refractivity contribution in [3.8, 4) is 0 Å². The molecule has 0 spiro atoms. The number of rotatable bonds is 6. The van der Waals surface area contributed by atoms with Crippen molar-refractivity contribution in [3.05, 3.63) is 98.1 Å². The molecule has 1 heterocycles. The summed E-state index contributed by atoms with van der Waals surface area (Å²) in [4.78, 5) is 22.2. The molecule has 0 unspecified atom stereocenters. The third-order valence-electron chi connectivity index (χ3n) is 3.71. The molecule has 1 aromatic heterocycles. The number of benzene rings is 2. The Morgan fingerprint density at radius 3 is 2.36 bits per heavy atom. The molecule has 2 aromatic carbocycles. The Morgan fingerprint density at radius 1 is 1.04 bits per heavy atom. The van der Waals surface area contributed by atoms with Gasteiger partial charge >= 0.3 is 5.88 Å². The molecule has 0 N–H and O–H groups in total. The first-order valence-electron chi connectivity index (χ1n) is 7.85. The molecular formula is C19H12ClNO6S. The number of nitrogens with zero attached hydrogens (tertiary/aromatic N) is 1. The lowest BCUT2D eigenvalue weighted by atomic mass is 10.2. The lowest BCUT2D eigenvalue weighted by Crippen LogP contribution is -2.14. The lowest BCUT2D eigenvalue weighted by molar-refractivity contribution is -0.402. The van der Waals surface area contributed by atoms with Crippen LogP contribution in [0.25, 0.3) is 6.08 Å². The van der Waals surface area contributed by atoms with Crippen molar-refractivity contribution in [1.82, 2.24) is 0 Å². The van der Waals surface area contributed by atoms with Crippen molar-refractivity contribution in [2.24, 2.45) is 0 Å². The smallest absolute Gasteiger partial charge is 0.397 e. The van der Waals surface area contributed by atoms with Crippen molar-refractivity contribution >= 4 is 39.2 Å². The molecule has 0 aliphatic rings. The molecule has 0 saturated carbocycles. The van der Waals surface area contributed by atoms with E-state index in [9.17, 15) is 23.3 Å². The summed E-state index contributed by atoms with van der Waals surface area (Å²) in [6, 6.07) is 15.7. The molecule has 0 fully saturated rings. The summed E-state index contributed by atoms with van der Waals surface area (Å²) >= 11 is 5.94. The Kier molecular flexibility index (Phi) is 5.43. The lowest BCUT2D eigenvalue weighted by Gasteiger charge is -2.08. The highest BCUT2D eigenvalue weighted by Crippen LogP contribution is 2.27. The predicted molar refractivity (Wildman–Crippen MR) is 103 cm³/mol. The summed E-state index contributed by atoms with van der Waals surface area (Å²) in [5.41, 5.74) is 0.372. The fourth-order valence-corrected chi connectivity index (χ4v) is 4.01. The number of hydrogen-bond acceptors (Lipinski definition) is 6. The van der Waals surface area contributed by atoms with E-state index in [-0.39, 0.29) is 4.90 Å². The number of nitro groups is 1. The van der Waals surface area contributed by atoms with Gasteiger partial charge in [0.05, 0.1) is 11.0 Å². The number of Topliss-reactive ketones (excluding diaryl/α,β-unsaturated/α-hetero) is 1. The Balaban J connectivity index is 2.16. The summed E-state index contributed by atoms with van der Waals surface area (Å²) in [5, 5.41) is 11.2. The maximum absolute atomic E-state index is 13.1. The minimum Gasteiger partial charge on any atom is -0.397 e. The highest BCUT2D eigenvalue weighted by atomic mass is 35.5. The van der Waals surface area contributed by atoms with Gasteiger partial charge in [-0.25, -0.2) is 8.42 Å². The van der Waals surface area contributed by atoms with E-state index >= 15 is 0 Å². The Bertz CT molecular complexity index is 1180. The number of carbonyl (C=O) groups excluding carboxylic acids is 1. The fraction of sp³-hybridized carbons (Fsp3) is 0. The van der Waals surface area contributed by atoms with E-state index in [0.717, 1.165) is 18.2 Å². The molecule has 0 bridgehead atoms. The monoisotopic (exact) mass is 417 g/mol. The molecule has 28 heavy (non-hydrogen) atoms. The van der Waals surface area contributed by atoms with Crippen LogP contribution in [0.5, 0.6) is 0 Å². The Labute approximate surface area is 164 Å². The second-order valence-electron chi connectivity index (χ2n) is 5.60. The van der Waals surface area contributed by atoms with Crippen LogP contribution >= 0.6 is 11.6 Å². The average Bonchev–Trinajstić information content (AvgIpc) is 3.17. The van der Waals surface area contributed by atoms with Crippen molar-refractivity contribution in [1.29, 1.82) is 0 Å². The van der Waals surface area contributed by atoms with Gasteiger partial charge in [0.2, 0.25) is 15.6 Å². The van der Waals surface area contributed by atoms with Crippen molar-refractivity contribution in [2.45, 2.75) is 4.90 Å². The van der Waals surface area contributed by atoms with Crippen LogP contribution in [-0.4, -0.2) is 19.1 Å². The quantitative estimate of drug-likeness (QED) is 0.252. The molecular weight excluding hydrogens is 406 g/mol. The Morgan fingerprint density at radius 2 is 1.75 bits per heavy atom. The molecule has 3 rings (SSSR count). The van der Waals surface area contributed by atoms with Gasteiger partial charge in [-0.05, 0) is 42.0 Å². The van der Waals surface area contributed by atoms with E-state index in [1.807, 2.05) is 0 Å². The molecule has 9 heteroatoms. The van der Waals surface area contributed by atoms with Gasteiger partial charge in [-0.1, -0.05) is 41.9 Å². The number of hydrogen-bond donors (Lipinski definition) is 0. The zero-order chi connectivity index (χ0) is 20.3. The number of carbonyl (C=O) groups is 1. The van der Waals surface area contributed by atoms with Gasteiger partial charge in [-0.15, -0.1) is 0 Å². The van der Waals surface area contributed by atoms with Crippen LogP contribution in [0.4, 0.5) is 5.88 Å². The summed E-state index contributed by atoms with van der Waals surface area (Å²) in [6.45, 7) is 0. The SMILES string of the molecule is O=C(/C(=C/c1cccc(Cl)c1)S(=O)(=O)c1ccccc1)c1ccc([N+](=O)[O-])o1. The second-order valence-corrected chi connectivity index (χ2v) is 7.96. The number of sulfone groups is 1. The van der Waals surface area contributed by atoms with Crippen LogP contribution in [0.3, 0.4) is 0 Å². The standard InChI is InChI=1S/C19H12ClNO6S/c20-14-6-4-5-13(11-14)12-17(28(25,26)15-7-2-1-3-8-15)19(22)16-9-10-18(27-16)21(23)24/h1-12H/b17-12-. The molecule has 0 aliphatic carbocycles. The second kappa shape index (κ2) is 7.79. The van der Waals surface area contributed by atoms with E-state index in [4.69, 9.17) is 16.0 Å². The molecule has 3 aromatic rings. The van der Waals surface area contributed by atoms with Crippen LogP contribution in [-0.2, 0) is 9.84 Å². The van der Waals surface area contributed by atoms with Crippen LogP contribution in [0.15, 0.2) is 80.9 Å². The predicted octanol–water partition coefficient (Wildman–Crippen LogP) is 4.54. The molecule has 142 valence electrons. The minimum atomic E-state index is -4.23. The molecule has 0 radical (unpaired) electrons. The van der Waals surface area contributed by atoms with Crippen LogP contribution < -0.4 is 0 Å². The average molecular weight is 418 g/mol. The summed E-state index contributed by atoms with van der Waals surface area (Å²) in [6.07, 6.45) is 1.16. The highest BCUT2D eigenvalue weighted by molar-refractivity contribution is 7.96. The van der Waals surface area contributed by atoms with Gasteiger partial charge in [0, 0.05) is 5.02 Å². The summed E-state index contributed by atoms with van der Waals surface area (Å²) in [7, 11) is -4.23. The van der Waals surface area contributed by atoms with E-state index < -0.39 is 37.1 Å². The van der Waals surface area contributed by atoms with E-state index in [0.29, 0.717) is 10.6 Å². The van der Waals surface area contributed by atoms with Gasteiger partial charge in [-0.3, -0.25) is 14.9 Å². The maximum atomic E-state index is 13.1. The zero-order valence-corrected chi connectivity index (χ0v) is 15.7. The largest absolute Gasteiger partial charge is 0.433 e. The van der Waals surface area contributed by atoms with Gasteiger partial charge in [0.1, 0.15) is 9.83 Å². The normalized spacial score (nSPS) is 12.0. The number of furan rings is 1. The van der Waals surface area contributed by atoms with E-state index in [1.165, 1.54) is 30.3 Å². The molecule has 0 amide bonds. The van der Waals surface area contributed by atoms with Crippen LogP contribution in [0.2, 0.25) is 5.02 Å². The van der Waals surface area contributed by atoms with Gasteiger partial charge in [0.25, 0.3) is 0 Å². The van der Waals surface area contributed by atoms with E-state index in [1.54, 1.807) is 24.3 Å². The molecule has 7 nitrogen and oxygen atoms in total. The minimum absolute atomic E-state index is 0.0994. The third-order valence-corrected chi connectivity index (χ3v) is 5.72. The number of ketones is 1. The highest BCUT2D eigenvalue weighted by Gasteiger charge is 2.31. The first kappa shape index (κ1) is 19.5. The zero-order valence-electron chi connectivity index (χ0n) is 14.1. The first-order chi connectivity index (χ1) is 13.3. The van der Waals surface area contributed by atoms with Crippen molar-refractivity contribution in [3.63, 3.8) is 0 Å². The maximum Gasteiger partial charge on any atom is 0.433 e. The van der Waals surface area contributed by atoms with E-state index in [2.05, 4.69) is 0 Å². The third kappa shape index (κ3) is 4.03. The fourth-order valence-electron chi connectivity index (χ4n) is 2.41. The number of allylic oxidation sites excluding steroid dienone is 1. The number of halogens is 1. The van der Waals surface area contributed by atoms with Gasteiger partial charge in [0.15, 0.2) is 5.76 Å². The van der Waals surface area contributed by atoms with Crippen molar-refractivity contribution < 1.29 is 22.6 Å². The Hall–Kier alpha value is -3.23. The van der Waals surface area contributed by atoms with Crippen LogP contribution in [0, 0.1) is 10.1 Å². The summed E-state index contributed by atoms with van der Waals surface area (Å²) in [5.74, 6) is -2.13. The van der Waals surface area contributed by atoms with Gasteiger partial charge in [-0.2, -0.15) is 0 Å². The molecule has 0 atom stereocenters. The first-order valence-corrected chi connectivity index (χ1v) is 9.71. The summed E-state index contributed by atoms with van der Waals surface area (Å²) < 4.78 is 31.1. The van der Waals surface area contributed by atoms with Gasteiger partial charge < -0.3 is 4.42 Å². The molecule has 0 saturated heterocycles. The van der Waals surface area contributed by atoms with Crippen LogP contribution in [0.1, 0.15) is 16.1 Å². The van der Waals surface area contributed by atoms with Crippen molar-refractivity contribution in [2.75, 3.05) is 0 Å². The topological polar surface area (TPSA) is 107 Å². The molecule has 0 aliphatic heterocycles.